The lowest BCUT2D eigenvalue weighted by atomic mass is 10.0. The van der Waals surface area contributed by atoms with E-state index in [1.54, 1.807) is 29.8 Å². The van der Waals surface area contributed by atoms with Gasteiger partial charge >= 0.3 is 0 Å². The van der Waals surface area contributed by atoms with Crippen LogP contribution in [0.25, 0.3) is 16.9 Å². The van der Waals surface area contributed by atoms with Crippen LogP contribution in [0.1, 0.15) is 24.6 Å². The molecule has 1 aliphatic heterocycles. The maximum atomic E-state index is 15.1. The summed E-state index contributed by atoms with van der Waals surface area (Å²) < 4.78 is 18.2. The minimum Gasteiger partial charge on any atom is -0.384 e. The van der Waals surface area contributed by atoms with Crippen LogP contribution in [-0.2, 0) is 18.6 Å². The number of nitrogens with zero attached hydrogens (tertiary/aromatic N) is 7. The maximum Gasteiger partial charge on any atom is 0.278 e. The first-order valence-electron chi connectivity index (χ1n) is 13.1. The lowest BCUT2D eigenvalue weighted by Crippen LogP contribution is -2.44. The second kappa shape index (κ2) is 9.58. The molecule has 0 radical (unpaired) electrons. The summed E-state index contributed by atoms with van der Waals surface area (Å²) in [7, 11) is 2.06. The fourth-order valence-electron chi connectivity index (χ4n) is 5.39. The van der Waals surface area contributed by atoms with E-state index in [4.69, 9.17) is 4.98 Å². The molecule has 2 N–H and O–H groups in total. The van der Waals surface area contributed by atoms with Crippen molar-refractivity contribution < 1.29 is 9.50 Å². The molecule has 3 aromatic heterocycles. The van der Waals surface area contributed by atoms with Crippen molar-refractivity contribution in [1.82, 2.24) is 29.2 Å². The van der Waals surface area contributed by atoms with E-state index in [1.165, 1.54) is 16.9 Å². The normalized spacial score (nSPS) is 19.4. The molecular weight excluding hydrogens is 499 g/mol. The van der Waals surface area contributed by atoms with Gasteiger partial charge in [0.05, 0.1) is 17.9 Å². The zero-order valence-corrected chi connectivity index (χ0v) is 22.1. The van der Waals surface area contributed by atoms with Gasteiger partial charge in [-0.3, -0.25) is 4.79 Å². The number of rotatable bonds is 6. The van der Waals surface area contributed by atoms with Gasteiger partial charge in [0.25, 0.3) is 5.56 Å². The van der Waals surface area contributed by atoms with Gasteiger partial charge in [-0.1, -0.05) is 12.1 Å². The zero-order chi connectivity index (χ0) is 27.3. The number of nitrogens with one attached hydrogen (secondary N) is 1. The Morgan fingerprint density at radius 1 is 1.18 bits per heavy atom. The van der Waals surface area contributed by atoms with Crippen molar-refractivity contribution in [2.45, 2.75) is 31.9 Å². The number of halogens is 1. The van der Waals surface area contributed by atoms with E-state index < -0.39 is 5.60 Å². The van der Waals surface area contributed by atoms with Crippen LogP contribution >= 0.6 is 0 Å². The van der Waals surface area contributed by atoms with E-state index in [0.717, 1.165) is 38.2 Å². The second-order valence-electron chi connectivity index (χ2n) is 10.5. The first-order chi connectivity index (χ1) is 18.7. The van der Waals surface area contributed by atoms with Gasteiger partial charge in [0.15, 0.2) is 11.5 Å². The Bertz CT molecular complexity index is 1630. The fraction of sp³-hybridized carbons (Fsp3) is 0.357. The third-order valence-electron chi connectivity index (χ3n) is 7.60. The van der Waals surface area contributed by atoms with Gasteiger partial charge in [0.2, 0.25) is 5.95 Å². The average molecular weight is 531 g/mol. The maximum absolute atomic E-state index is 15.1. The molecule has 1 aliphatic carbocycles. The van der Waals surface area contributed by atoms with Crippen LogP contribution < -0.4 is 15.8 Å². The number of benzene rings is 1. The molecule has 10 nitrogen and oxygen atoms in total. The predicted molar refractivity (Wildman–Crippen MR) is 148 cm³/mol. The number of aromatic nitrogens is 5. The summed E-state index contributed by atoms with van der Waals surface area (Å²) in [6.45, 7) is 9.07. The van der Waals surface area contributed by atoms with E-state index in [2.05, 4.69) is 33.8 Å². The Kier molecular flexibility index (Phi) is 6.19. The summed E-state index contributed by atoms with van der Waals surface area (Å²) in [5, 5.41) is 14.2. The Morgan fingerprint density at radius 2 is 1.97 bits per heavy atom. The Morgan fingerprint density at radius 3 is 2.72 bits per heavy atom. The van der Waals surface area contributed by atoms with Crippen molar-refractivity contribution in [2.24, 2.45) is 0 Å². The van der Waals surface area contributed by atoms with Gasteiger partial charge < -0.3 is 20.2 Å². The third-order valence-corrected chi connectivity index (χ3v) is 7.60. The van der Waals surface area contributed by atoms with Crippen LogP contribution in [0, 0.1) is 5.82 Å². The van der Waals surface area contributed by atoms with Gasteiger partial charge in [0.1, 0.15) is 16.8 Å². The van der Waals surface area contributed by atoms with Crippen LogP contribution in [-0.4, -0.2) is 67.5 Å². The largest absolute Gasteiger partial charge is 0.384 e. The number of aliphatic hydroxyl groups is 1. The fourth-order valence-corrected chi connectivity index (χ4v) is 5.39. The molecule has 1 saturated heterocycles. The highest BCUT2D eigenvalue weighted by Gasteiger charge is 2.34. The molecule has 2 aliphatic rings. The molecular formula is C28H31FN8O2. The van der Waals surface area contributed by atoms with Crippen molar-refractivity contribution in [2.75, 3.05) is 43.4 Å². The zero-order valence-electron chi connectivity index (χ0n) is 22.1. The molecule has 11 heteroatoms. The Hall–Kier alpha value is -4.09. The summed E-state index contributed by atoms with van der Waals surface area (Å²) >= 11 is 0. The quantitative estimate of drug-likeness (QED) is 0.367. The Balaban J connectivity index is 1.37. The number of likely N-dealkylation sites (N-methyl/N-ethyl adjacent to an activating group) is 1. The summed E-state index contributed by atoms with van der Waals surface area (Å²) in [6.07, 6.45) is 4.41. The molecule has 1 atom stereocenters. The minimum atomic E-state index is -1.04. The number of hydrogen-bond donors (Lipinski definition) is 2. The summed E-state index contributed by atoms with van der Waals surface area (Å²) in [6, 6.07) is 8.74. The molecule has 0 saturated carbocycles. The number of pyridine rings is 1. The Labute approximate surface area is 225 Å². The van der Waals surface area contributed by atoms with E-state index in [1.807, 2.05) is 17.0 Å². The molecule has 1 fully saturated rings. The number of fused-ring (bicyclic) bond motifs is 2. The second-order valence-corrected chi connectivity index (χ2v) is 10.5. The summed E-state index contributed by atoms with van der Waals surface area (Å²) in [5.41, 5.74) is 1.67. The van der Waals surface area contributed by atoms with Crippen molar-refractivity contribution >= 4 is 28.4 Å². The van der Waals surface area contributed by atoms with Gasteiger partial charge in [-0.15, -0.1) is 6.58 Å². The van der Waals surface area contributed by atoms with Crippen LogP contribution in [0.15, 0.2) is 54.0 Å². The summed E-state index contributed by atoms with van der Waals surface area (Å²) in [4.78, 5) is 31.2. The van der Waals surface area contributed by atoms with Crippen molar-refractivity contribution in [3.8, 4) is 5.82 Å². The van der Waals surface area contributed by atoms with Crippen LogP contribution in [0.3, 0.4) is 0 Å². The molecule has 1 unspecified atom stereocenters. The molecule has 4 aromatic rings. The first kappa shape index (κ1) is 25.2. The standard InChI is InChI=1S/C28H31FN8O2/c1-4-11-36-26(38)20-17-30-27(31-19-6-7-22(21(29)16-19)35-14-12-34(3)13-15-35)33-25(20)37(36)23-8-5-18-9-10-28(2,39)24(18)32-23/h4-8,16-17,39H,1,9-15H2,2-3H3,(H,30,31,33). The topological polar surface area (TPSA) is 104 Å². The molecule has 202 valence electrons. The number of allylic oxidation sites excluding steroid dienone is 1. The molecule has 1 aromatic carbocycles. The predicted octanol–water partition coefficient (Wildman–Crippen LogP) is 2.95. The van der Waals surface area contributed by atoms with E-state index in [0.29, 0.717) is 40.3 Å². The van der Waals surface area contributed by atoms with E-state index >= 15 is 4.39 Å². The highest BCUT2D eigenvalue weighted by molar-refractivity contribution is 5.77. The number of piperazine rings is 1. The van der Waals surface area contributed by atoms with Crippen molar-refractivity contribution in [1.29, 1.82) is 0 Å². The van der Waals surface area contributed by atoms with Crippen LogP contribution in [0.4, 0.5) is 21.7 Å². The van der Waals surface area contributed by atoms with E-state index in [9.17, 15) is 9.90 Å². The third kappa shape index (κ3) is 4.47. The minimum absolute atomic E-state index is 0.215. The summed E-state index contributed by atoms with van der Waals surface area (Å²) in [5.74, 6) is 0.345. The van der Waals surface area contributed by atoms with Gasteiger partial charge in [-0.25, -0.2) is 23.7 Å². The first-order valence-corrected chi connectivity index (χ1v) is 13.1. The van der Waals surface area contributed by atoms with Crippen LogP contribution in [0.2, 0.25) is 0 Å². The van der Waals surface area contributed by atoms with Crippen LogP contribution in [0.5, 0.6) is 0 Å². The highest BCUT2D eigenvalue weighted by atomic mass is 19.1. The molecule has 0 spiro atoms. The monoisotopic (exact) mass is 530 g/mol. The lowest BCUT2D eigenvalue weighted by molar-refractivity contribution is 0.0553. The molecule has 6 rings (SSSR count). The number of aryl methyl sites for hydroxylation is 1. The lowest BCUT2D eigenvalue weighted by Gasteiger charge is -2.34. The molecule has 0 bridgehead atoms. The number of hydrogen-bond acceptors (Lipinski definition) is 8. The average Bonchev–Trinajstić information content (AvgIpc) is 3.37. The van der Waals surface area contributed by atoms with Crippen molar-refractivity contribution in [3.05, 3.63) is 76.6 Å². The molecule has 39 heavy (non-hydrogen) atoms. The van der Waals surface area contributed by atoms with Gasteiger partial charge in [0, 0.05) is 38.1 Å². The molecule has 4 heterocycles. The molecule has 0 amide bonds. The SMILES string of the molecule is C=CCn1c(=O)c2cnc(Nc3ccc(N4CCN(C)CC4)c(F)c3)nc2n1-c1ccc2c(n1)C(C)(O)CC2. The number of anilines is 3. The van der Waals surface area contributed by atoms with Gasteiger partial charge in [-0.2, -0.15) is 4.98 Å². The van der Waals surface area contributed by atoms with E-state index in [-0.39, 0.29) is 23.9 Å². The smallest absolute Gasteiger partial charge is 0.278 e. The van der Waals surface area contributed by atoms with Gasteiger partial charge in [-0.05, 0) is 56.6 Å². The van der Waals surface area contributed by atoms with Crippen molar-refractivity contribution in [3.63, 3.8) is 0 Å². The highest BCUT2D eigenvalue weighted by Crippen LogP contribution is 2.35.